The molecule has 0 bridgehead atoms. The Kier molecular flexibility index (Phi) is 8.69. The summed E-state index contributed by atoms with van der Waals surface area (Å²) in [5, 5.41) is 0.401. The Balaban J connectivity index is 2.12. The Morgan fingerprint density at radius 1 is 1.00 bits per heavy atom. The van der Waals surface area contributed by atoms with Crippen LogP contribution < -0.4 is 11.5 Å². The first-order valence-corrected chi connectivity index (χ1v) is 12.4. The topological polar surface area (TPSA) is 171 Å². The SMILES string of the molecule is CC(C)C(=O)OCC1OC(n2cc(C(N)=S)c3c(N)ncnc32)C(OC(=O)C(C)C)C1OC(=O)C(C)C. The van der Waals surface area contributed by atoms with E-state index < -0.39 is 54.3 Å². The third-order valence-electron chi connectivity index (χ3n) is 5.77. The molecule has 13 heteroatoms. The molecule has 2 aromatic heterocycles. The zero-order valence-corrected chi connectivity index (χ0v) is 22.5. The van der Waals surface area contributed by atoms with Gasteiger partial charge in [-0.2, -0.15) is 0 Å². The Morgan fingerprint density at radius 2 is 1.57 bits per heavy atom. The van der Waals surface area contributed by atoms with E-state index in [4.69, 9.17) is 42.6 Å². The average Bonchev–Trinajstić information content (AvgIpc) is 3.36. The van der Waals surface area contributed by atoms with Crippen molar-refractivity contribution in [1.82, 2.24) is 14.5 Å². The van der Waals surface area contributed by atoms with Gasteiger partial charge in [-0.1, -0.05) is 53.8 Å². The molecule has 3 heterocycles. The summed E-state index contributed by atoms with van der Waals surface area (Å²) in [5.74, 6) is -2.72. The van der Waals surface area contributed by atoms with Crippen LogP contribution in [-0.2, 0) is 33.3 Å². The van der Waals surface area contributed by atoms with Crippen LogP contribution in [0, 0.1) is 17.8 Å². The van der Waals surface area contributed by atoms with E-state index in [-0.39, 0.29) is 23.3 Å². The van der Waals surface area contributed by atoms with Crippen LogP contribution in [0.2, 0.25) is 0 Å². The highest BCUT2D eigenvalue weighted by Crippen LogP contribution is 2.38. The van der Waals surface area contributed by atoms with Crippen LogP contribution in [0.15, 0.2) is 12.5 Å². The van der Waals surface area contributed by atoms with E-state index in [1.54, 1.807) is 52.3 Å². The number of nitrogens with two attached hydrogens (primary N) is 2. The lowest BCUT2D eigenvalue weighted by atomic mass is 10.1. The number of rotatable bonds is 9. The molecular weight excluding hydrogens is 502 g/mol. The van der Waals surface area contributed by atoms with Crippen molar-refractivity contribution in [2.75, 3.05) is 12.3 Å². The molecule has 0 spiro atoms. The second-order valence-corrected chi connectivity index (χ2v) is 10.2. The van der Waals surface area contributed by atoms with Gasteiger partial charge in [0.1, 0.15) is 35.5 Å². The average molecular weight is 536 g/mol. The van der Waals surface area contributed by atoms with Crippen LogP contribution in [-0.4, -0.2) is 62.4 Å². The summed E-state index contributed by atoms with van der Waals surface area (Å²) < 4.78 is 24.8. The fraction of sp³-hybridized carbons (Fsp3) is 0.583. The van der Waals surface area contributed by atoms with Crippen molar-refractivity contribution in [3.8, 4) is 0 Å². The van der Waals surface area contributed by atoms with E-state index in [1.165, 1.54) is 6.33 Å². The Bertz CT molecular complexity index is 1200. The van der Waals surface area contributed by atoms with Crippen molar-refractivity contribution in [1.29, 1.82) is 0 Å². The van der Waals surface area contributed by atoms with Gasteiger partial charge >= 0.3 is 17.9 Å². The monoisotopic (exact) mass is 535 g/mol. The summed E-state index contributed by atoms with van der Waals surface area (Å²) in [6.07, 6.45) is -1.37. The van der Waals surface area contributed by atoms with Gasteiger partial charge in [0.15, 0.2) is 18.4 Å². The number of hydrogen-bond donors (Lipinski definition) is 2. The fourth-order valence-electron chi connectivity index (χ4n) is 3.69. The molecule has 37 heavy (non-hydrogen) atoms. The summed E-state index contributed by atoms with van der Waals surface area (Å²) in [4.78, 5) is 46.0. The number of nitrogens with zero attached hydrogens (tertiary/aromatic N) is 3. The molecule has 2 aromatic rings. The summed E-state index contributed by atoms with van der Waals surface area (Å²) in [7, 11) is 0. The number of thiocarbonyl (C=S) groups is 1. The van der Waals surface area contributed by atoms with Gasteiger partial charge < -0.3 is 35.0 Å². The molecule has 3 rings (SSSR count). The first-order chi connectivity index (χ1) is 17.3. The number of hydrogen-bond acceptors (Lipinski definition) is 11. The second kappa shape index (κ2) is 11.4. The molecule has 1 aliphatic heterocycles. The third kappa shape index (κ3) is 5.99. The minimum Gasteiger partial charge on any atom is -0.463 e. The van der Waals surface area contributed by atoms with Gasteiger partial charge in [-0.15, -0.1) is 0 Å². The fourth-order valence-corrected chi connectivity index (χ4v) is 3.85. The molecule has 0 aromatic carbocycles. The third-order valence-corrected chi connectivity index (χ3v) is 5.99. The second-order valence-electron chi connectivity index (χ2n) is 9.73. The minimum absolute atomic E-state index is 0.0455. The van der Waals surface area contributed by atoms with Gasteiger partial charge in [-0.3, -0.25) is 14.4 Å². The Labute approximate surface area is 220 Å². The van der Waals surface area contributed by atoms with Gasteiger partial charge in [0, 0.05) is 11.8 Å². The molecular formula is C24H33N5O7S. The molecule has 4 unspecified atom stereocenters. The van der Waals surface area contributed by atoms with E-state index in [0.29, 0.717) is 16.6 Å². The van der Waals surface area contributed by atoms with Crippen molar-refractivity contribution in [2.24, 2.45) is 23.5 Å². The lowest BCUT2D eigenvalue weighted by Crippen LogP contribution is -2.42. The van der Waals surface area contributed by atoms with E-state index in [1.807, 2.05) is 0 Å². The van der Waals surface area contributed by atoms with Crippen LogP contribution in [0.25, 0.3) is 11.0 Å². The van der Waals surface area contributed by atoms with Gasteiger partial charge in [0.05, 0.1) is 23.1 Å². The molecule has 4 atom stereocenters. The zero-order valence-electron chi connectivity index (χ0n) is 21.7. The molecule has 1 aliphatic rings. The van der Waals surface area contributed by atoms with Gasteiger partial charge in [0.25, 0.3) is 0 Å². The predicted molar refractivity (Wildman–Crippen MR) is 137 cm³/mol. The standard InChI is InChI=1S/C24H33N5O7S/c1-10(2)22(30)33-8-14-16(35-23(31)11(3)4)17(36-24(32)12(5)6)21(34-14)29-7-13(19(26)37)15-18(25)27-9-28-20(15)29/h7,9-12,14,16-17,21H,8H2,1-6H3,(H2,26,37)(H2,25,27,28). The summed E-state index contributed by atoms with van der Waals surface area (Å²) in [5.41, 5.74) is 12.7. The molecule has 0 amide bonds. The van der Waals surface area contributed by atoms with Crippen molar-refractivity contribution >= 4 is 52.0 Å². The maximum Gasteiger partial charge on any atom is 0.308 e. The number of carbonyl (C=O) groups excluding carboxylic acids is 3. The van der Waals surface area contributed by atoms with Crippen LogP contribution in [0.1, 0.15) is 53.3 Å². The number of carbonyl (C=O) groups is 3. The Morgan fingerprint density at radius 3 is 2.11 bits per heavy atom. The zero-order chi connectivity index (χ0) is 27.6. The number of anilines is 1. The smallest absolute Gasteiger partial charge is 0.308 e. The molecule has 12 nitrogen and oxygen atoms in total. The largest absolute Gasteiger partial charge is 0.463 e. The van der Waals surface area contributed by atoms with Crippen molar-refractivity contribution in [3.63, 3.8) is 0 Å². The number of aromatic nitrogens is 3. The van der Waals surface area contributed by atoms with Gasteiger partial charge in [-0.25, -0.2) is 9.97 Å². The predicted octanol–water partition coefficient (Wildman–Crippen LogP) is 1.88. The number of fused-ring (bicyclic) bond motifs is 1. The van der Waals surface area contributed by atoms with E-state index >= 15 is 0 Å². The molecule has 4 N–H and O–H groups in total. The molecule has 1 saturated heterocycles. The van der Waals surface area contributed by atoms with Crippen LogP contribution in [0.3, 0.4) is 0 Å². The maximum absolute atomic E-state index is 12.7. The highest BCUT2D eigenvalue weighted by Gasteiger charge is 2.52. The van der Waals surface area contributed by atoms with Gasteiger partial charge in [0.2, 0.25) is 0 Å². The van der Waals surface area contributed by atoms with Crippen LogP contribution in [0.4, 0.5) is 5.82 Å². The quantitative estimate of drug-likeness (QED) is 0.272. The molecule has 202 valence electrons. The lowest BCUT2D eigenvalue weighted by molar-refractivity contribution is -0.173. The number of nitrogen functional groups attached to an aromatic ring is 1. The van der Waals surface area contributed by atoms with Crippen LogP contribution >= 0.6 is 12.2 Å². The molecule has 1 fully saturated rings. The van der Waals surface area contributed by atoms with Crippen molar-refractivity contribution < 1.29 is 33.3 Å². The molecule has 0 aliphatic carbocycles. The summed E-state index contributed by atoms with van der Waals surface area (Å²) in [6, 6.07) is 0. The summed E-state index contributed by atoms with van der Waals surface area (Å²) in [6.45, 7) is 9.84. The normalized spacial score (nSPS) is 21.5. The van der Waals surface area contributed by atoms with Crippen LogP contribution in [0.5, 0.6) is 0 Å². The Hall–Kier alpha value is -3.32. The first-order valence-electron chi connectivity index (χ1n) is 12.0. The van der Waals surface area contributed by atoms with Crippen molar-refractivity contribution in [2.45, 2.75) is 66.1 Å². The highest BCUT2D eigenvalue weighted by atomic mass is 32.1. The van der Waals surface area contributed by atoms with Gasteiger partial charge in [-0.05, 0) is 0 Å². The van der Waals surface area contributed by atoms with E-state index in [0.717, 1.165) is 0 Å². The number of esters is 3. The first kappa shape index (κ1) is 28.3. The lowest BCUT2D eigenvalue weighted by Gasteiger charge is -2.26. The van der Waals surface area contributed by atoms with E-state index in [2.05, 4.69) is 9.97 Å². The van der Waals surface area contributed by atoms with Crippen molar-refractivity contribution in [3.05, 3.63) is 18.1 Å². The minimum atomic E-state index is -1.12. The number of ether oxygens (including phenoxy) is 4. The molecule has 0 radical (unpaired) electrons. The highest BCUT2D eigenvalue weighted by molar-refractivity contribution is 7.80. The maximum atomic E-state index is 12.7. The summed E-state index contributed by atoms with van der Waals surface area (Å²) >= 11 is 5.20. The molecule has 0 saturated carbocycles. The van der Waals surface area contributed by atoms with E-state index in [9.17, 15) is 14.4 Å².